The van der Waals surface area contributed by atoms with Crippen LogP contribution in [0, 0.1) is 6.92 Å². The molecular weight excluding hydrogens is 266 g/mol. The summed E-state index contributed by atoms with van der Waals surface area (Å²) in [5.74, 6) is 0.986. The van der Waals surface area contributed by atoms with Gasteiger partial charge in [0.2, 0.25) is 4.96 Å². The highest BCUT2D eigenvalue weighted by Crippen LogP contribution is 2.31. The topological polar surface area (TPSA) is 69.1 Å². The molecule has 0 unspecified atom stereocenters. The van der Waals surface area contributed by atoms with E-state index in [9.17, 15) is 0 Å². The molecule has 18 heavy (non-hydrogen) atoms. The normalized spacial score (nSPS) is 11.4. The van der Waals surface area contributed by atoms with E-state index in [1.165, 1.54) is 4.88 Å². The fourth-order valence-corrected chi connectivity index (χ4v) is 3.63. The van der Waals surface area contributed by atoms with E-state index in [0.29, 0.717) is 6.54 Å². The molecule has 0 aliphatic carbocycles. The zero-order valence-electron chi connectivity index (χ0n) is 9.96. The maximum Gasteiger partial charge on any atom is 0.216 e. The van der Waals surface area contributed by atoms with Crippen LogP contribution < -0.4 is 5.73 Å². The fourth-order valence-electron chi connectivity index (χ4n) is 1.90. The fraction of sp³-hybridized carbons (Fsp3) is 0.364. The van der Waals surface area contributed by atoms with Crippen LogP contribution in [-0.4, -0.2) is 26.1 Å². The average molecular weight is 279 g/mol. The van der Waals surface area contributed by atoms with Crippen LogP contribution in [0.4, 0.5) is 0 Å². The van der Waals surface area contributed by atoms with E-state index >= 15 is 0 Å². The van der Waals surface area contributed by atoms with E-state index in [4.69, 9.17) is 5.73 Å². The van der Waals surface area contributed by atoms with E-state index in [1.54, 1.807) is 22.7 Å². The van der Waals surface area contributed by atoms with Crippen molar-refractivity contribution in [1.82, 2.24) is 19.6 Å². The van der Waals surface area contributed by atoms with Crippen LogP contribution in [0.25, 0.3) is 15.5 Å². The van der Waals surface area contributed by atoms with Gasteiger partial charge in [-0.25, -0.2) is 4.98 Å². The van der Waals surface area contributed by atoms with Crippen molar-refractivity contribution in [3.8, 4) is 10.6 Å². The second-order valence-electron chi connectivity index (χ2n) is 4.01. The summed E-state index contributed by atoms with van der Waals surface area (Å²) in [5, 5.41) is 10.6. The summed E-state index contributed by atoms with van der Waals surface area (Å²) in [7, 11) is 0. The third kappa shape index (κ3) is 1.84. The minimum Gasteiger partial charge on any atom is -0.330 e. The molecule has 0 radical (unpaired) electrons. The number of thiazole rings is 2. The van der Waals surface area contributed by atoms with Gasteiger partial charge in [0.05, 0.1) is 21.8 Å². The molecule has 0 bridgehead atoms. The molecule has 3 aromatic heterocycles. The third-order valence-corrected chi connectivity index (χ3v) is 4.57. The Hall–Kier alpha value is -1.31. The number of hydrogen-bond acceptors (Lipinski definition) is 6. The highest BCUT2D eigenvalue weighted by atomic mass is 32.1. The Morgan fingerprint density at radius 2 is 2.22 bits per heavy atom. The van der Waals surface area contributed by atoms with Crippen LogP contribution >= 0.6 is 22.7 Å². The summed E-state index contributed by atoms with van der Waals surface area (Å²) < 4.78 is 2.13. The Labute approximate surface area is 112 Å². The molecule has 3 heterocycles. The molecule has 3 aromatic rings. The molecule has 0 saturated carbocycles. The van der Waals surface area contributed by atoms with Gasteiger partial charge in [0, 0.05) is 11.8 Å². The summed E-state index contributed by atoms with van der Waals surface area (Å²) in [5.41, 5.74) is 9.63. The van der Waals surface area contributed by atoms with Gasteiger partial charge in [0.1, 0.15) is 5.82 Å². The maximum absolute atomic E-state index is 5.56. The molecule has 7 heteroatoms. The molecule has 5 nitrogen and oxygen atoms in total. The van der Waals surface area contributed by atoms with Crippen molar-refractivity contribution < 1.29 is 0 Å². The summed E-state index contributed by atoms with van der Waals surface area (Å²) >= 11 is 3.26. The van der Waals surface area contributed by atoms with Gasteiger partial charge in [-0.3, -0.25) is 4.40 Å². The summed E-state index contributed by atoms with van der Waals surface area (Å²) in [4.78, 5) is 6.43. The van der Waals surface area contributed by atoms with Gasteiger partial charge in [-0.15, -0.1) is 32.9 Å². The van der Waals surface area contributed by atoms with Crippen LogP contribution in [-0.2, 0) is 6.42 Å². The first-order chi connectivity index (χ1) is 8.81. The molecule has 0 spiro atoms. The number of rotatable bonds is 4. The lowest BCUT2D eigenvalue weighted by Crippen LogP contribution is -2.03. The quantitative estimate of drug-likeness (QED) is 0.794. The van der Waals surface area contributed by atoms with Crippen molar-refractivity contribution in [3.05, 3.63) is 22.4 Å². The zero-order valence-corrected chi connectivity index (χ0v) is 11.6. The van der Waals surface area contributed by atoms with Gasteiger partial charge >= 0.3 is 0 Å². The molecule has 3 rings (SSSR count). The van der Waals surface area contributed by atoms with Crippen LogP contribution in [0.2, 0.25) is 0 Å². The number of hydrogen-bond donors (Lipinski definition) is 1. The Balaban J connectivity index is 2.12. The lowest BCUT2D eigenvalue weighted by molar-refractivity contribution is 0.772. The number of nitrogens with two attached hydrogens (primary N) is 1. The molecule has 0 fully saturated rings. The molecule has 0 amide bonds. The largest absolute Gasteiger partial charge is 0.330 e. The predicted molar refractivity (Wildman–Crippen MR) is 74.1 cm³/mol. The van der Waals surface area contributed by atoms with E-state index in [2.05, 4.69) is 25.0 Å². The van der Waals surface area contributed by atoms with Crippen molar-refractivity contribution in [1.29, 1.82) is 0 Å². The lowest BCUT2D eigenvalue weighted by Gasteiger charge is -2.00. The van der Waals surface area contributed by atoms with Gasteiger partial charge in [-0.1, -0.05) is 0 Å². The molecule has 0 aliphatic heterocycles. The summed E-state index contributed by atoms with van der Waals surface area (Å²) in [6.07, 6.45) is 1.79. The van der Waals surface area contributed by atoms with Gasteiger partial charge in [0.15, 0.2) is 0 Å². The average Bonchev–Trinajstić information content (AvgIpc) is 3.03. The minimum atomic E-state index is 0.675. The van der Waals surface area contributed by atoms with E-state index in [-0.39, 0.29) is 0 Å². The van der Waals surface area contributed by atoms with E-state index in [0.717, 1.165) is 35.0 Å². The van der Waals surface area contributed by atoms with Gasteiger partial charge in [-0.2, -0.15) is 0 Å². The van der Waals surface area contributed by atoms with E-state index in [1.807, 2.05) is 12.4 Å². The molecule has 2 N–H and O–H groups in total. The standard InChI is InChI=1S/C11H13N5S2/c1-7-10(18-6-13-7)8-5-17-11-15-14-9(16(8)11)3-2-4-12/h5-6H,2-4,12H2,1H3. The number of aryl methyl sites for hydroxylation is 2. The molecular formula is C11H13N5S2. The zero-order chi connectivity index (χ0) is 12.5. The van der Waals surface area contributed by atoms with Crippen molar-refractivity contribution in [2.75, 3.05) is 6.54 Å². The van der Waals surface area contributed by atoms with Crippen molar-refractivity contribution in [2.45, 2.75) is 19.8 Å². The summed E-state index contributed by atoms with van der Waals surface area (Å²) in [6.45, 7) is 2.70. The summed E-state index contributed by atoms with van der Waals surface area (Å²) in [6, 6.07) is 0. The first kappa shape index (κ1) is 11.8. The number of nitrogens with zero attached hydrogens (tertiary/aromatic N) is 4. The molecule has 0 aliphatic rings. The molecule has 0 atom stereocenters. The van der Waals surface area contributed by atoms with Crippen LogP contribution in [0.15, 0.2) is 10.9 Å². The van der Waals surface area contributed by atoms with Gasteiger partial charge < -0.3 is 5.73 Å². The van der Waals surface area contributed by atoms with Crippen LogP contribution in [0.1, 0.15) is 17.9 Å². The third-order valence-electron chi connectivity index (χ3n) is 2.80. The van der Waals surface area contributed by atoms with Crippen molar-refractivity contribution >= 4 is 27.6 Å². The van der Waals surface area contributed by atoms with Crippen LogP contribution in [0.5, 0.6) is 0 Å². The monoisotopic (exact) mass is 279 g/mol. The molecule has 0 aromatic carbocycles. The van der Waals surface area contributed by atoms with Gasteiger partial charge in [-0.05, 0) is 19.9 Å². The number of aromatic nitrogens is 4. The maximum atomic E-state index is 5.56. The first-order valence-electron chi connectivity index (χ1n) is 5.73. The SMILES string of the molecule is Cc1ncsc1-c1csc2nnc(CCCN)n12. The number of fused-ring (bicyclic) bond motifs is 1. The lowest BCUT2D eigenvalue weighted by atomic mass is 10.3. The second-order valence-corrected chi connectivity index (χ2v) is 5.71. The van der Waals surface area contributed by atoms with Gasteiger partial charge in [0.25, 0.3) is 0 Å². The second kappa shape index (κ2) is 4.75. The Morgan fingerprint density at radius 3 is 2.94 bits per heavy atom. The van der Waals surface area contributed by atoms with Crippen molar-refractivity contribution in [2.24, 2.45) is 5.73 Å². The predicted octanol–water partition coefficient (Wildman–Crippen LogP) is 2.11. The highest BCUT2D eigenvalue weighted by Gasteiger charge is 2.15. The Bertz CT molecular complexity index is 666. The highest BCUT2D eigenvalue weighted by molar-refractivity contribution is 7.16. The minimum absolute atomic E-state index is 0.675. The molecule has 0 saturated heterocycles. The van der Waals surface area contributed by atoms with E-state index < -0.39 is 0 Å². The van der Waals surface area contributed by atoms with Crippen LogP contribution in [0.3, 0.4) is 0 Å². The molecule has 94 valence electrons. The smallest absolute Gasteiger partial charge is 0.216 e. The Kier molecular flexibility index (Phi) is 3.11. The van der Waals surface area contributed by atoms with Crippen molar-refractivity contribution in [3.63, 3.8) is 0 Å². The Morgan fingerprint density at radius 1 is 1.33 bits per heavy atom. The first-order valence-corrected chi connectivity index (χ1v) is 7.49.